The minimum absolute atomic E-state index is 0.473. The fourth-order valence-corrected chi connectivity index (χ4v) is 4.24. The van der Waals surface area contributed by atoms with Crippen LogP contribution < -0.4 is 5.73 Å². The van der Waals surface area contributed by atoms with Gasteiger partial charge in [-0.3, -0.25) is 4.90 Å². The molecule has 0 amide bonds. The van der Waals surface area contributed by atoms with Crippen LogP contribution in [0.1, 0.15) is 52.4 Å². The fourth-order valence-electron chi connectivity index (χ4n) is 4.24. The van der Waals surface area contributed by atoms with Crippen molar-refractivity contribution >= 4 is 0 Å². The molecule has 0 aromatic rings. The molecule has 2 fully saturated rings. The monoisotopic (exact) mass is 254 g/mol. The Hall–Kier alpha value is -0.120. The van der Waals surface area contributed by atoms with Crippen LogP contribution in [0.3, 0.4) is 0 Å². The van der Waals surface area contributed by atoms with E-state index in [2.05, 4.69) is 18.7 Å². The van der Waals surface area contributed by atoms with Gasteiger partial charge in [-0.25, -0.2) is 0 Å². The van der Waals surface area contributed by atoms with E-state index < -0.39 is 0 Å². The number of rotatable bonds is 7. The lowest BCUT2D eigenvalue weighted by molar-refractivity contribution is -0.164. The molecule has 0 bridgehead atoms. The third-order valence-corrected chi connectivity index (χ3v) is 5.01. The Kier molecular flexibility index (Phi) is 5.05. The molecule has 2 aliphatic carbocycles. The van der Waals surface area contributed by atoms with Crippen molar-refractivity contribution in [3.05, 3.63) is 0 Å². The van der Waals surface area contributed by atoms with E-state index in [1.165, 1.54) is 45.1 Å². The van der Waals surface area contributed by atoms with Gasteiger partial charge in [0.05, 0.1) is 6.10 Å². The number of nitrogens with zero attached hydrogens (tertiary/aromatic N) is 1. The van der Waals surface area contributed by atoms with Gasteiger partial charge in [-0.05, 0) is 39.2 Å². The predicted molar refractivity (Wildman–Crippen MR) is 75.6 cm³/mol. The molecule has 3 heteroatoms. The highest BCUT2D eigenvalue weighted by atomic mass is 16.5. The Balaban J connectivity index is 2.03. The van der Waals surface area contributed by atoms with Crippen LogP contribution in [0.25, 0.3) is 0 Å². The molecule has 106 valence electrons. The molecule has 0 radical (unpaired) electrons. The standard InChI is InChI=1S/C15H30N2O/c1-3-10-17(11-9-16)13-12-14(18-4-2)15(13)7-5-6-8-15/h13-14H,3-12,16H2,1-2H3. The highest BCUT2D eigenvalue weighted by Crippen LogP contribution is 2.56. The van der Waals surface area contributed by atoms with Crippen LogP contribution in [0.5, 0.6) is 0 Å². The summed E-state index contributed by atoms with van der Waals surface area (Å²) in [5, 5.41) is 0. The van der Waals surface area contributed by atoms with Crippen LogP contribution >= 0.6 is 0 Å². The summed E-state index contributed by atoms with van der Waals surface area (Å²) in [6, 6.07) is 0.736. The summed E-state index contributed by atoms with van der Waals surface area (Å²) < 4.78 is 5.99. The van der Waals surface area contributed by atoms with Crippen molar-refractivity contribution in [2.75, 3.05) is 26.2 Å². The normalized spacial score (nSPS) is 30.0. The second-order valence-corrected chi connectivity index (χ2v) is 5.96. The lowest BCUT2D eigenvalue weighted by Crippen LogP contribution is -2.64. The van der Waals surface area contributed by atoms with Gasteiger partial charge in [0.1, 0.15) is 0 Å². The average molecular weight is 254 g/mol. The minimum Gasteiger partial charge on any atom is -0.378 e. The average Bonchev–Trinajstić information content (AvgIpc) is 2.86. The van der Waals surface area contributed by atoms with Crippen molar-refractivity contribution < 1.29 is 4.74 Å². The minimum atomic E-state index is 0.473. The van der Waals surface area contributed by atoms with E-state index in [1.54, 1.807) is 0 Å². The molecule has 18 heavy (non-hydrogen) atoms. The lowest BCUT2D eigenvalue weighted by Gasteiger charge is -2.58. The highest BCUT2D eigenvalue weighted by Gasteiger charge is 2.58. The Morgan fingerprint density at radius 3 is 2.50 bits per heavy atom. The van der Waals surface area contributed by atoms with Gasteiger partial charge in [0, 0.05) is 31.2 Å². The fraction of sp³-hybridized carbons (Fsp3) is 1.00. The molecule has 2 aliphatic rings. The summed E-state index contributed by atoms with van der Waals surface area (Å²) >= 11 is 0. The molecule has 2 N–H and O–H groups in total. The van der Waals surface area contributed by atoms with Gasteiger partial charge >= 0.3 is 0 Å². The van der Waals surface area contributed by atoms with Crippen LogP contribution in [0.4, 0.5) is 0 Å². The third-order valence-electron chi connectivity index (χ3n) is 5.01. The summed E-state index contributed by atoms with van der Waals surface area (Å²) in [4.78, 5) is 2.64. The van der Waals surface area contributed by atoms with Crippen molar-refractivity contribution in [2.24, 2.45) is 11.1 Å². The summed E-state index contributed by atoms with van der Waals surface area (Å²) in [6.45, 7) is 8.29. The van der Waals surface area contributed by atoms with Gasteiger partial charge in [0.2, 0.25) is 0 Å². The molecule has 1 spiro atoms. The highest BCUT2D eigenvalue weighted by molar-refractivity contribution is 5.10. The van der Waals surface area contributed by atoms with Gasteiger partial charge in [-0.2, -0.15) is 0 Å². The van der Waals surface area contributed by atoms with E-state index in [1.807, 2.05) is 0 Å². The summed E-state index contributed by atoms with van der Waals surface area (Å²) in [5.41, 5.74) is 6.26. The maximum Gasteiger partial charge on any atom is 0.0661 e. The molecular weight excluding hydrogens is 224 g/mol. The van der Waals surface area contributed by atoms with Crippen LogP contribution in [0, 0.1) is 5.41 Å². The molecule has 2 rings (SSSR count). The molecule has 2 atom stereocenters. The third kappa shape index (κ3) is 2.45. The predicted octanol–water partition coefficient (Wildman–Crippen LogP) is 2.39. The van der Waals surface area contributed by atoms with E-state index in [-0.39, 0.29) is 0 Å². The first-order chi connectivity index (χ1) is 8.78. The summed E-state index contributed by atoms with van der Waals surface area (Å²) in [6.07, 6.45) is 8.50. The molecule has 0 aromatic heterocycles. The molecule has 0 aliphatic heterocycles. The van der Waals surface area contributed by atoms with Gasteiger partial charge in [-0.15, -0.1) is 0 Å². The largest absolute Gasteiger partial charge is 0.378 e. The second-order valence-electron chi connectivity index (χ2n) is 5.96. The van der Waals surface area contributed by atoms with E-state index in [9.17, 15) is 0 Å². The van der Waals surface area contributed by atoms with Gasteiger partial charge in [0.15, 0.2) is 0 Å². The first kappa shape index (κ1) is 14.3. The van der Waals surface area contributed by atoms with Crippen molar-refractivity contribution in [2.45, 2.75) is 64.5 Å². The van der Waals surface area contributed by atoms with Gasteiger partial charge in [-0.1, -0.05) is 19.8 Å². The zero-order chi connectivity index (χ0) is 13.0. The Morgan fingerprint density at radius 1 is 1.22 bits per heavy atom. The van der Waals surface area contributed by atoms with Crippen LogP contribution in [0.15, 0.2) is 0 Å². The van der Waals surface area contributed by atoms with E-state index >= 15 is 0 Å². The summed E-state index contributed by atoms with van der Waals surface area (Å²) in [7, 11) is 0. The van der Waals surface area contributed by atoms with E-state index in [0.717, 1.165) is 25.7 Å². The lowest BCUT2D eigenvalue weighted by atomic mass is 9.60. The first-order valence-electron chi connectivity index (χ1n) is 7.84. The molecule has 0 saturated heterocycles. The topological polar surface area (TPSA) is 38.5 Å². The number of nitrogens with two attached hydrogens (primary N) is 1. The SMILES string of the molecule is CCCN(CCN)C1CC(OCC)C12CCCC2. The van der Waals surface area contributed by atoms with Crippen molar-refractivity contribution in [1.29, 1.82) is 0 Å². The number of hydrogen-bond donors (Lipinski definition) is 1. The zero-order valence-corrected chi connectivity index (χ0v) is 12.2. The first-order valence-corrected chi connectivity index (χ1v) is 7.84. The quantitative estimate of drug-likeness (QED) is 0.758. The van der Waals surface area contributed by atoms with Crippen LogP contribution in [0.2, 0.25) is 0 Å². The molecule has 0 heterocycles. The Bertz CT molecular complexity index is 245. The van der Waals surface area contributed by atoms with Crippen LogP contribution in [-0.2, 0) is 4.74 Å². The Labute approximate surface area is 112 Å². The van der Waals surface area contributed by atoms with E-state index in [0.29, 0.717) is 11.5 Å². The number of ether oxygens (including phenoxy) is 1. The summed E-state index contributed by atoms with van der Waals surface area (Å²) in [5.74, 6) is 0. The molecular formula is C15H30N2O. The van der Waals surface area contributed by atoms with Crippen molar-refractivity contribution in [3.8, 4) is 0 Å². The molecule has 2 saturated carbocycles. The molecule has 0 aromatic carbocycles. The van der Waals surface area contributed by atoms with Crippen LogP contribution in [-0.4, -0.2) is 43.3 Å². The molecule has 3 nitrogen and oxygen atoms in total. The Morgan fingerprint density at radius 2 is 1.94 bits per heavy atom. The second kappa shape index (κ2) is 6.36. The maximum absolute atomic E-state index is 5.99. The molecule has 2 unspecified atom stereocenters. The maximum atomic E-state index is 5.99. The number of hydrogen-bond acceptors (Lipinski definition) is 3. The smallest absolute Gasteiger partial charge is 0.0661 e. The zero-order valence-electron chi connectivity index (χ0n) is 12.2. The van der Waals surface area contributed by atoms with E-state index in [4.69, 9.17) is 10.5 Å². The van der Waals surface area contributed by atoms with Gasteiger partial charge in [0.25, 0.3) is 0 Å². The van der Waals surface area contributed by atoms with Crippen molar-refractivity contribution in [1.82, 2.24) is 4.90 Å². The van der Waals surface area contributed by atoms with Gasteiger partial charge < -0.3 is 10.5 Å². The van der Waals surface area contributed by atoms with Crippen molar-refractivity contribution in [3.63, 3.8) is 0 Å².